The number of aryl methyl sites for hydroxylation is 1. The van der Waals surface area contributed by atoms with E-state index in [1.54, 1.807) is 0 Å². The Morgan fingerprint density at radius 3 is 2.88 bits per heavy atom. The minimum atomic E-state index is 0.639. The normalized spacial score (nSPS) is 12.9. The van der Waals surface area contributed by atoms with Gasteiger partial charge in [0.15, 0.2) is 0 Å². The first-order chi connectivity index (χ1) is 7.81. The molecule has 1 aromatic rings. The standard InChI is InChI=1S/C13H24N2S/c1-4-8-15-9-6-7-13(15)10-14-12(5-2)11-16-3/h6-7,9,12,14H,4-5,8,10-11H2,1-3H3. The second-order valence-electron chi connectivity index (χ2n) is 4.13. The summed E-state index contributed by atoms with van der Waals surface area (Å²) >= 11 is 1.92. The number of nitrogens with one attached hydrogen (secondary N) is 1. The van der Waals surface area contributed by atoms with E-state index in [0.29, 0.717) is 6.04 Å². The highest BCUT2D eigenvalue weighted by Gasteiger charge is 2.06. The maximum atomic E-state index is 3.63. The predicted octanol–water partition coefficient (Wildman–Crippen LogP) is 3.13. The lowest BCUT2D eigenvalue weighted by Crippen LogP contribution is -2.30. The van der Waals surface area contributed by atoms with E-state index in [4.69, 9.17) is 0 Å². The van der Waals surface area contributed by atoms with Crippen molar-refractivity contribution in [1.82, 2.24) is 9.88 Å². The van der Waals surface area contributed by atoms with Crippen LogP contribution >= 0.6 is 11.8 Å². The lowest BCUT2D eigenvalue weighted by molar-refractivity contribution is 0.519. The zero-order valence-electron chi connectivity index (χ0n) is 10.7. The van der Waals surface area contributed by atoms with Crippen LogP contribution < -0.4 is 5.32 Å². The van der Waals surface area contributed by atoms with Gasteiger partial charge in [0, 0.05) is 36.8 Å². The third kappa shape index (κ3) is 4.22. The fraction of sp³-hybridized carbons (Fsp3) is 0.692. The van der Waals surface area contributed by atoms with E-state index in [-0.39, 0.29) is 0 Å². The van der Waals surface area contributed by atoms with Crippen molar-refractivity contribution in [3.05, 3.63) is 24.0 Å². The molecule has 0 aliphatic rings. The maximum Gasteiger partial charge on any atom is 0.0361 e. The van der Waals surface area contributed by atoms with Crippen molar-refractivity contribution >= 4 is 11.8 Å². The summed E-state index contributed by atoms with van der Waals surface area (Å²) in [5.41, 5.74) is 1.40. The van der Waals surface area contributed by atoms with Crippen LogP contribution in [0.3, 0.4) is 0 Å². The van der Waals surface area contributed by atoms with Crippen molar-refractivity contribution in [2.24, 2.45) is 0 Å². The Bertz CT molecular complexity index is 283. The minimum Gasteiger partial charge on any atom is -0.350 e. The summed E-state index contributed by atoms with van der Waals surface area (Å²) in [6, 6.07) is 5.00. The molecule has 0 bridgehead atoms. The Balaban J connectivity index is 2.43. The van der Waals surface area contributed by atoms with Gasteiger partial charge in [0.2, 0.25) is 0 Å². The largest absolute Gasteiger partial charge is 0.350 e. The quantitative estimate of drug-likeness (QED) is 0.752. The van der Waals surface area contributed by atoms with Gasteiger partial charge in [-0.2, -0.15) is 11.8 Å². The molecule has 1 atom stereocenters. The van der Waals surface area contributed by atoms with Crippen LogP contribution in [0.2, 0.25) is 0 Å². The highest BCUT2D eigenvalue weighted by atomic mass is 32.2. The highest BCUT2D eigenvalue weighted by Crippen LogP contribution is 2.06. The predicted molar refractivity (Wildman–Crippen MR) is 74.0 cm³/mol. The fourth-order valence-corrected chi connectivity index (χ4v) is 2.60. The van der Waals surface area contributed by atoms with Crippen LogP contribution in [0, 0.1) is 0 Å². The molecule has 1 N–H and O–H groups in total. The molecule has 0 saturated carbocycles. The third-order valence-electron chi connectivity index (χ3n) is 2.82. The lowest BCUT2D eigenvalue weighted by atomic mass is 10.2. The smallest absolute Gasteiger partial charge is 0.0361 e. The monoisotopic (exact) mass is 240 g/mol. The Kier molecular flexibility index (Phi) is 6.65. The van der Waals surface area contributed by atoms with Crippen LogP contribution in [0.15, 0.2) is 18.3 Å². The molecule has 1 rings (SSSR count). The van der Waals surface area contributed by atoms with Crippen molar-refractivity contribution in [3.8, 4) is 0 Å². The zero-order valence-corrected chi connectivity index (χ0v) is 11.5. The van der Waals surface area contributed by atoms with E-state index >= 15 is 0 Å². The topological polar surface area (TPSA) is 17.0 Å². The number of thioether (sulfide) groups is 1. The first kappa shape index (κ1) is 13.7. The van der Waals surface area contributed by atoms with Crippen molar-refractivity contribution < 1.29 is 0 Å². The molecule has 1 heterocycles. The molecule has 0 radical (unpaired) electrons. The SMILES string of the molecule is CCCn1cccc1CNC(CC)CSC. The van der Waals surface area contributed by atoms with Gasteiger partial charge in [-0.05, 0) is 31.2 Å². The molecule has 3 heteroatoms. The molecule has 0 aliphatic heterocycles. The summed E-state index contributed by atoms with van der Waals surface area (Å²) in [5.74, 6) is 1.20. The van der Waals surface area contributed by atoms with Crippen LogP contribution in [0.5, 0.6) is 0 Å². The van der Waals surface area contributed by atoms with Crippen molar-refractivity contribution in [2.75, 3.05) is 12.0 Å². The van der Waals surface area contributed by atoms with Gasteiger partial charge in [-0.1, -0.05) is 13.8 Å². The van der Waals surface area contributed by atoms with E-state index in [9.17, 15) is 0 Å². The summed E-state index contributed by atoms with van der Waals surface area (Å²) in [4.78, 5) is 0. The van der Waals surface area contributed by atoms with Gasteiger partial charge in [-0.25, -0.2) is 0 Å². The molecule has 0 fully saturated rings. The first-order valence-corrected chi connectivity index (χ1v) is 7.57. The van der Waals surface area contributed by atoms with Crippen LogP contribution in [-0.4, -0.2) is 22.6 Å². The Morgan fingerprint density at radius 1 is 1.44 bits per heavy atom. The van der Waals surface area contributed by atoms with E-state index in [1.165, 1.54) is 24.3 Å². The van der Waals surface area contributed by atoms with Gasteiger partial charge in [0.05, 0.1) is 0 Å². The minimum absolute atomic E-state index is 0.639. The van der Waals surface area contributed by atoms with Crippen LogP contribution in [0.4, 0.5) is 0 Å². The summed E-state index contributed by atoms with van der Waals surface area (Å²) in [5, 5.41) is 3.63. The van der Waals surface area contributed by atoms with Gasteiger partial charge < -0.3 is 9.88 Å². The number of aromatic nitrogens is 1. The number of rotatable bonds is 8. The van der Waals surface area contributed by atoms with Gasteiger partial charge in [0.1, 0.15) is 0 Å². The Hall–Kier alpha value is -0.410. The molecule has 92 valence electrons. The van der Waals surface area contributed by atoms with Crippen molar-refractivity contribution in [2.45, 2.75) is 45.8 Å². The summed E-state index contributed by atoms with van der Waals surface area (Å²) in [7, 11) is 0. The van der Waals surface area contributed by atoms with Gasteiger partial charge in [0.25, 0.3) is 0 Å². The van der Waals surface area contributed by atoms with Crippen LogP contribution in [0.1, 0.15) is 32.4 Å². The number of hydrogen-bond donors (Lipinski definition) is 1. The maximum absolute atomic E-state index is 3.63. The Morgan fingerprint density at radius 2 is 2.25 bits per heavy atom. The molecular formula is C13H24N2S. The summed E-state index contributed by atoms with van der Waals surface area (Å²) in [6.07, 6.45) is 6.75. The average molecular weight is 240 g/mol. The van der Waals surface area contributed by atoms with E-state index in [2.05, 4.69) is 48.3 Å². The molecule has 0 spiro atoms. The molecule has 2 nitrogen and oxygen atoms in total. The summed E-state index contributed by atoms with van der Waals surface area (Å²) in [6.45, 7) is 6.59. The molecule has 1 unspecified atom stereocenters. The van der Waals surface area contributed by atoms with Crippen molar-refractivity contribution in [1.29, 1.82) is 0 Å². The van der Waals surface area contributed by atoms with Crippen molar-refractivity contribution in [3.63, 3.8) is 0 Å². The number of nitrogens with zero attached hydrogens (tertiary/aromatic N) is 1. The third-order valence-corrected chi connectivity index (χ3v) is 3.56. The molecule has 1 aromatic heterocycles. The molecule has 16 heavy (non-hydrogen) atoms. The second kappa shape index (κ2) is 7.80. The summed E-state index contributed by atoms with van der Waals surface area (Å²) < 4.78 is 2.35. The fourth-order valence-electron chi connectivity index (χ4n) is 1.84. The average Bonchev–Trinajstić information content (AvgIpc) is 2.72. The van der Waals surface area contributed by atoms with Crippen LogP contribution in [-0.2, 0) is 13.1 Å². The Labute approximate surface area is 104 Å². The lowest BCUT2D eigenvalue weighted by Gasteiger charge is -2.16. The van der Waals surface area contributed by atoms with Gasteiger partial charge in [-0.15, -0.1) is 0 Å². The molecular weight excluding hydrogens is 216 g/mol. The van der Waals surface area contributed by atoms with Crippen LogP contribution in [0.25, 0.3) is 0 Å². The van der Waals surface area contributed by atoms with Gasteiger partial charge in [-0.3, -0.25) is 0 Å². The van der Waals surface area contributed by atoms with Gasteiger partial charge >= 0.3 is 0 Å². The molecule has 0 amide bonds. The highest BCUT2D eigenvalue weighted by molar-refractivity contribution is 7.98. The van der Waals surface area contributed by atoms with E-state index < -0.39 is 0 Å². The first-order valence-electron chi connectivity index (χ1n) is 6.18. The molecule has 0 aliphatic carbocycles. The molecule has 0 saturated heterocycles. The number of hydrogen-bond acceptors (Lipinski definition) is 2. The zero-order chi connectivity index (χ0) is 11.8. The van der Waals surface area contributed by atoms with E-state index in [1.807, 2.05) is 11.8 Å². The second-order valence-corrected chi connectivity index (χ2v) is 5.05. The van der Waals surface area contributed by atoms with E-state index in [0.717, 1.165) is 13.1 Å². The molecule has 0 aromatic carbocycles.